The third kappa shape index (κ3) is 3.62. The average Bonchev–Trinajstić information content (AvgIpc) is 3.09. The van der Waals surface area contributed by atoms with Gasteiger partial charge in [0.25, 0.3) is 0 Å². The second-order valence-corrected chi connectivity index (χ2v) is 4.95. The predicted octanol–water partition coefficient (Wildman–Crippen LogP) is 2.17. The van der Waals surface area contributed by atoms with E-state index in [1.807, 2.05) is 6.08 Å². The van der Waals surface area contributed by atoms with Crippen molar-refractivity contribution in [2.45, 2.75) is 50.6 Å². The van der Waals surface area contributed by atoms with Crippen molar-refractivity contribution in [1.29, 1.82) is 0 Å². The van der Waals surface area contributed by atoms with Gasteiger partial charge in [-0.15, -0.1) is 6.58 Å². The standard InChI is InChI=1S/C13H24N2/c1-2-3-10-15(13-7-8-13)11-12-6-4-5-9-14-12/h2,12-14H,1,3-11H2. The van der Waals surface area contributed by atoms with E-state index in [-0.39, 0.29) is 0 Å². The first-order chi connectivity index (χ1) is 7.40. The number of rotatable bonds is 6. The van der Waals surface area contributed by atoms with Crippen molar-refractivity contribution < 1.29 is 0 Å². The van der Waals surface area contributed by atoms with Gasteiger partial charge in [0.05, 0.1) is 0 Å². The summed E-state index contributed by atoms with van der Waals surface area (Å²) in [7, 11) is 0. The molecule has 15 heavy (non-hydrogen) atoms. The van der Waals surface area contributed by atoms with Crippen LogP contribution >= 0.6 is 0 Å². The minimum absolute atomic E-state index is 0.754. The third-order valence-corrected chi connectivity index (χ3v) is 3.55. The molecule has 0 radical (unpaired) electrons. The fraction of sp³-hybridized carbons (Fsp3) is 0.846. The van der Waals surface area contributed by atoms with E-state index in [0.29, 0.717) is 0 Å². The molecule has 2 heteroatoms. The molecule has 2 fully saturated rings. The lowest BCUT2D eigenvalue weighted by atomic mass is 10.0. The Balaban J connectivity index is 1.74. The summed E-state index contributed by atoms with van der Waals surface area (Å²) in [6, 6.07) is 1.65. The lowest BCUT2D eigenvalue weighted by molar-refractivity contribution is 0.219. The van der Waals surface area contributed by atoms with Crippen LogP contribution in [0.3, 0.4) is 0 Å². The van der Waals surface area contributed by atoms with E-state index in [1.54, 1.807) is 0 Å². The summed E-state index contributed by atoms with van der Waals surface area (Å²) in [6.07, 6.45) is 10.2. The van der Waals surface area contributed by atoms with Crippen LogP contribution in [0, 0.1) is 0 Å². The first kappa shape index (κ1) is 11.2. The molecule has 2 nitrogen and oxygen atoms in total. The summed E-state index contributed by atoms with van der Waals surface area (Å²) in [5, 5.41) is 3.64. The maximum absolute atomic E-state index is 3.82. The first-order valence-electron chi connectivity index (χ1n) is 6.48. The SMILES string of the molecule is C=CCCN(CC1CCCCN1)C1CC1. The van der Waals surface area contributed by atoms with Gasteiger partial charge >= 0.3 is 0 Å². The van der Waals surface area contributed by atoms with Crippen LogP contribution in [-0.4, -0.2) is 36.6 Å². The van der Waals surface area contributed by atoms with Crippen LogP contribution in [0.15, 0.2) is 12.7 Å². The zero-order valence-electron chi connectivity index (χ0n) is 9.75. The van der Waals surface area contributed by atoms with Crippen molar-refractivity contribution in [3.05, 3.63) is 12.7 Å². The van der Waals surface area contributed by atoms with E-state index < -0.39 is 0 Å². The fourth-order valence-corrected chi connectivity index (χ4v) is 2.48. The minimum Gasteiger partial charge on any atom is -0.313 e. The smallest absolute Gasteiger partial charge is 0.0195 e. The first-order valence-corrected chi connectivity index (χ1v) is 6.48. The van der Waals surface area contributed by atoms with Crippen LogP contribution < -0.4 is 5.32 Å². The van der Waals surface area contributed by atoms with Crippen molar-refractivity contribution in [1.82, 2.24) is 10.2 Å². The van der Waals surface area contributed by atoms with Gasteiger partial charge in [-0.25, -0.2) is 0 Å². The largest absolute Gasteiger partial charge is 0.313 e. The van der Waals surface area contributed by atoms with Crippen LogP contribution in [-0.2, 0) is 0 Å². The third-order valence-electron chi connectivity index (χ3n) is 3.55. The quantitative estimate of drug-likeness (QED) is 0.673. The average molecular weight is 208 g/mol. The topological polar surface area (TPSA) is 15.3 Å². The normalized spacial score (nSPS) is 26.9. The molecule has 0 aromatic rings. The van der Waals surface area contributed by atoms with Crippen molar-refractivity contribution in [3.63, 3.8) is 0 Å². The summed E-state index contributed by atoms with van der Waals surface area (Å²) in [6.45, 7) is 7.52. The van der Waals surface area contributed by atoms with Crippen molar-refractivity contribution in [3.8, 4) is 0 Å². The Labute approximate surface area is 93.7 Å². The molecular formula is C13H24N2. The van der Waals surface area contributed by atoms with Crippen LogP contribution in [0.5, 0.6) is 0 Å². The van der Waals surface area contributed by atoms with Crippen molar-refractivity contribution >= 4 is 0 Å². The van der Waals surface area contributed by atoms with Crippen LogP contribution in [0.4, 0.5) is 0 Å². The molecule has 0 bridgehead atoms. The summed E-state index contributed by atoms with van der Waals surface area (Å²) in [4.78, 5) is 2.67. The fourth-order valence-electron chi connectivity index (χ4n) is 2.48. The molecule has 1 N–H and O–H groups in total. The van der Waals surface area contributed by atoms with Gasteiger partial charge in [0.1, 0.15) is 0 Å². The zero-order chi connectivity index (χ0) is 10.5. The highest BCUT2D eigenvalue weighted by Gasteiger charge is 2.30. The van der Waals surface area contributed by atoms with Crippen LogP contribution in [0.1, 0.15) is 38.5 Å². The molecule has 1 atom stereocenters. The molecule has 1 saturated carbocycles. The summed E-state index contributed by atoms with van der Waals surface area (Å²) in [5.41, 5.74) is 0. The summed E-state index contributed by atoms with van der Waals surface area (Å²) >= 11 is 0. The minimum atomic E-state index is 0.754. The molecule has 0 amide bonds. The van der Waals surface area contributed by atoms with Crippen LogP contribution in [0.25, 0.3) is 0 Å². The van der Waals surface area contributed by atoms with E-state index in [4.69, 9.17) is 0 Å². The second-order valence-electron chi connectivity index (χ2n) is 4.95. The van der Waals surface area contributed by atoms with E-state index in [9.17, 15) is 0 Å². The number of piperidine rings is 1. The number of nitrogens with zero attached hydrogens (tertiary/aromatic N) is 1. The molecule has 1 heterocycles. The van der Waals surface area contributed by atoms with Crippen molar-refractivity contribution in [2.24, 2.45) is 0 Å². The van der Waals surface area contributed by atoms with E-state index in [0.717, 1.165) is 18.5 Å². The Morgan fingerprint density at radius 2 is 2.13 bits per heavy atom. The van der Waals surface area contributed by atoms with E-state index >= 15 is 0 Å². The second kappa shape index (κ2) is 5.66. The molecule has 0 spiro atoms. The van der Waals surface area contributed by atoms with Gasteiger partial charge in [0.15, 0.2) is 0 Å². The molecule has 86 valence electrons. The van der Waals surface area contributed by atoms with E-state index in [1.165, 1.54) is 51.7 Å². The number of hydrogen-bond donors (Lipinski definition) is 1. The molecule has 1 unspecified atom stereocenters. The molecular weight excluding hydrogens is 184 g/mol. The number of nitrogens with one attached hydrogen (secondary N) is 1. The lowest BCUT2D eigenvalue weighted by Crippen LogP contribution is -2.44. The summed E-state index contributed by atoms with van der Waals surface area (Å²) in [5.74, 6) is 0. The zero-order valence-corrected chi connectivity index (χ0v) is 9.75. The highest BCUT2D eigenvalue weighted by molar-refractivity contribution is 4.88. The van der Waals surface area contributed by atoms with Crippen molar-refractivity contribution in [2.75, 3.05) is 19.6 Å². The molecule has 1 aliphatic carbocycles. The maximum atomic E-state index is 3.82. The van der Waals surface area contributed by atoms with Gasteiger partial charge in [-0.2, -0.15) is 0 Å². The van der Waals surface area contributed by atoms with Gasteiger partial charge < -0.3 is 5.32 Å². The monoisotopic (exact) mass is 208 g/mol. The lowest BCUT2D eigenvalue weighted by Gasteiger charge is -2.30. The molecule has 2 aliphatic rings. The highest BCUT2D eigenvalue weighted by atomic mass is 15.2. The molecule has 2 rings (SSSR count). The predicted molar refractivity (Wildman–Crippen MR) is 65.1 cm³/mol. The molecule has 0 aromatic carbocycles. The Kier molecular flexibility index (Phi) is 4.21. The molecule has 1 aliphatic heterocycles. The molecule has 0 aromatic heterocycles. The Bertz CT molecular complexity index is 193. The summed E-state index contributed by atoms with van der Waals surface area (Å²) < 4.78 is 0. The Morgan fingerprint density at radius 1 is 1.27 bits per heavy atom. The Morgan fingerprint density at radius 3 is 2.73 bits per heavy atom. The van der Waals surface area contributed by atoms with Gasteiger partial charge in [0.2, 0.25) is 0 Å². The Hall–Kier alpha value is -0.340. The molecule has 1 saturated heterocycles. The maximum Gasteiger partial charge on any atom is 0.0195 e. The van der Waals surface area contributed by atoms with Gasteiger partial charge in [-0.1, -0.05) is 12.5 Å². The van der Waals surface area contributed by atoms with Gasteiger partial charge in [0, 0.05) is 25.2 Å². The van der Waals surface area contributed by atoms with Gasteiger partial charge in [-0.3, -0.25) is 4.90 Å². The van der Waals surface area contributed by atoms with Gasteiger partial charge in [-0.05, 0) is 38.6 Å². The highest BCUT2D eigenvalue weighted by Crippen LogP contribution is 2.27. The van der Waals surface area contributed by atoms with Crippen LogP contribution in [0.2, 0.25) is 0 Å². The number of hydrogen-bond acceptors (Lipinski definition) is 2. The van der Waals surface area contributed by atoms with E-state index in [2.05, 4.69) is 16.8 Å².